The molecule has 0 fully saturated rings. The summed E-state index contributed by atoms with van der Waals surface area (Å²) in [5.74, 6) is 0.391. The van der Waals surface area contributed by atoms with Gasteiger partial charge in [0.25, 0.3) is 0 Å². The van der Waals surface area contributed by atoms with E-state index in [9.17, 15) is 0 Å². The normalized spacial score (nSPS) is 13.2. The van der Waals surface area contributed by atoms with Crippen LogP contribution in [0, 0.1) is 5.41 Å². The standard InChI is InChI=1S/C24H22N2/c1-26-24(13-14-25)18-8-6-7-17(15-18)16-23-21-11-4-2-9-19(21)20-10-3-5-12-22(20)23/h2-15,23,25-26H,16H2,1H3/b24-13-,25-14?. The highest BCUT2D eigenvalue weighted by Crippen LogP contribution is 2.45. The summed E-state index contributed by atoms with van der Waals surface area (Å²) in [4.78, 5) is 0. The van der Waals surface area contributed by atoms with Crippen LogP contribution in [0.25, 0.3) is 16.8 Å². The topological polar surface area (TPSA) is 35.9 Å². The lowest BCUT2D eigenvalue weighted by Gasteiger charge is -2.15. The first-order valence-electron chi connectivity index (χ1n) is 8.98. The third-order valence-corrected chi connectivity index (χ3v) is 5.16. The number of fused-ring (bicyclic) bond motifs is 3. The zero-order chi connectivity index (χ0) is 17.9. The molecular weight excluding hydrogens is 316 g/mol. The van der Waals surface area contributed by atoms with E-state index in [4.69, 9.17) is 5.41 Å². The smallest absolute Gasteiger partial charge is 0.0426 e. The lowest BCUT2D eigenvalue weighted by atomic mass is 9.89. The van der Waals surface area contributed by atoms with Crippen molar-refractivity contribution in [3.05, 3.63) is 101 Å². The molecular formula is C24H22N2. The van der Waals surface area contributed by atoms with Crippen molar-refractivity contribution in [1.82, 2.24) is 5.32 Å². The molecule has 26 heavy (non-hydrogen) atoms. The molecule has 0 spiro atoms. The molecule has 0 bridgehead atoms. The van der Waals surface area contributed by atoms with Gasteiger partial charge in [-0.2, -0.15) is 0 Å². The fraction of sp³-hybridized carbons (Fsp3) is 0.125. The van der Waals surface area contributed by atoms with E-state index in [0.717, 1.165) is 17.7 Å². The second kappa shape index (κ2) is 7.01. The van der Waals surface area contributed by atoms with E-state index in [0.29, 0.717) is 5.92 Å². The molecule has 0 radical (unpaired) electrons. The zero-order valence-corrected chi connectivity index (χ0v) is 14.9. The Kier molecular flexibility index (Phi) is 4.40. The van der Waals surface area contributed by atoms with Crippen LogP contribution in [0.5, 0.6) is 0 Å². The molecule has 3 aromatic rings. The van der Waals surface area contributed by atoms with Crippen molar-refractivity contribution in [3.63, 3.8) is 0 Å². The van der Waals surface area contributed by atoms with E-state index >= 15 is 0 Å². The van der Waals surface area contributed by atoms with Crippen LogP contribution in [0.15, 0.2) is 78.9 Å². The van der Waals surface area contributed by atoms with E-state index in [1.165, 1.54) is 34.0 Å². The molecule has 2 nitrogen and oxygen atoms in total. The molecule has 2 N–H and O–H groups in total. The highest BCUT2D eigenvalue weighted by molar-refractivity contribution is 5.82. The molecule has 0 aliphatic heterocycles. The lowest BCUT2D eigenvalue weighted by Crippen LogP contribution is -2.06. The van der Waals surface area contributed by atoms with Gasteiger partial charge in [-0.1, -0.05) is 66.7 Å². The van der Waals surface area contributed by atoms with Gasteiger partial charge in [0.05, 0.1) is 0 Å². The van der Waals surface area contributed by atoms with Crippen LogP contribution in [-0.4, -0.2) is 13.3 Å². The number of nitrogens with one attached hydrogen (secondary N) is 2. The van der Waals surface area contributed by atoms with Gasteiger partial charge >= 0.3 is 0 Å². The Balaban J connectivity index is 1.72. The maximum Gasteiger partial charge on any atom is 0.0426 e. The molecule has 1 aliphatic carbocycles. The maximum absolute atomic E-state index is 7.34. The summed E-state index contributed by atoms with van der Waals surface area (Å²) < 4.78 is 0. The highest BCUT2D eigenvalue weighted by Gasteiger charge is 2.27. The minimum absolute atomic E-state index is 0.391. The summed E-state index contributed by atoms with van der Waals surface area (Å²) in [6.07, 6.45) is 4.09. The highest BCUT2D eigenvalue weighted by atomic mass is 14.8. The Morgan fingerprint density at radius 3 is 2.19 bits per heavy atom. The van der Waals surface area contributed by atoms with Crippen molar-refractivity contribution < 1.29 is 0 Å². The second-order valence-electron chi connectivity index (χ2n) is 6.63. The average molecular weight is 338 g/mol. The quantitative estimate of drug-likeness (QED) is 0.612. The SMILES string of the molecule is CN/C(=C\C=N)c1cccc(CC2c3ccccc3-c3ccccc32)c1. The van der Waals surface area contributed by atoms with E-state index in [1.54, 1.807) is 6.08 Å². The third kappa shape index (κ3) is 2.84. The fourth-order valence-corrected chi connectivity index (χ4v) is 3.99. The molecule has 3 aromatic carbocycles. The minimum atomic E-state index is 0.391. The molecule has 0 unspecified atom stereocenters. The van der Waals surface area contributed by atoms with E-state index < -0.39 is 0 Å². The fourth-order valence-electron chi connectivity index (χ4n) is 3.99. The van der Waals surface area contributed by atoms with Crippen LogP contribution in [-0.2, 0) is 6.42 Å². The average Bonchev–Trinajstić information content (AvgIpc) is 3.01. The first kappa shape index (κ1) is 16.3. The van der Waals surface area contributed by atoms with Crippen molar-refractivity contribution in [3.8, 4) is 11.1 Å². The van der Waals surface area contributed by atoms with Crippen molar-refractivity contribution in [2.75, 3.05) is 7.05 Å². The van der Waals surface area contributed by atoms with Crippen LogP contribution in [0.2, 0.25) is 0 Å². The minimum Gasteiger partial charge on any atom is -0.388 e. The Hall–Kier alpha value is -3.13. The summed E-state index contributed by atoms with van der Waals surface area (Å²) in [6, 6.07) is 26.1. The predicted molar refractivity (Wildman–Crippen MR) is 110 cm³/mol. The number of rotatable bonds is 5. The lowest BCUT2D eigenvalue weighted by molar-refractivity contribution is 0.826. The van der Waals surface area contributed by atoms with Gasteiger partial charge in [-0.25, -0.2) is 0 Å². The molecule has 0 atom stereocenters. The molecule has 0 saturated carbocycles. The molecule has 2 heteroatoms. The molecule has 128 valence electrons. The second-order valence-corrected chi connectivity index (χ2v) is 6.63. The Bertz CT molecular complexity index is 939. The first-order chi connectivity index (χ1) is 12.8. The summed E-state index contributed by atoms with van der Waals surface area (Å²) in [5.41, 5.74) is 8.96. The molecule has 0 aromatic heterocycles. The Morgan fingerprint density at radius 1 is 0.923 bits per heavy atom. The van der Waals surface area contributed by atoms with Gasteiger partial charge in [0.15, 0.2) is 0 Å². The van der Waals surface area contributed by atoms with E-state index in [-0.39, 0.29) is 0 Å². The summed E-state index contributed by atoms with van der Waals surface area (Å²) in [6.45, 7) is 0. The number of benzene rings is 3. The van der Waals surface area contributed by atoms with Gasteiger partial charge in [0.1, 0.15) is 0 Å². The Morgan fingerprint density at radius 2 is 1.58 bits per heavy atom. The monoisotopic (exact) mass is 338 g/mol. The largest absolute Gasteiger partial charge is 0.388 e. The molecule has 0 heterocycles. The van der Waals surface area contributed by atoms with Crippen LogP contribution in [0.1, 0.15) is 28.2 Å². The van der Waals surface area contributed by atoms with Gasteiger partial charge in [-0.05, 0) is 51.9 Å². The summed E-state index contributed by atoms with van der Waals surface area (Å²) >= 11 is 0. The van der Waals surface area contributed by atoms with Crippen LogP contribution in [0.4, 0.5) is 0 Å². The van der Waals surface area contributed by atoms with Crippen molar-refractivity contribution >= 4 is 11.9 Å². The van der Waals surface area contributed by atoms with Crippen molar-refractivity contribution in [2.24, 2.45) is 0 Å². The zero-order valence-electron chi connectivity index (χ0n) is 14.9. The van der Waals surface area contributed by atoms with E-state index in [1.807, 2.05) is 7.05 Å². The van der Waals surface area contributed by atoms with E-state index in [2.05, 4.69) is 78.1 Å². The maximum atomic E-state index is 7.34. The number of allylic oxidation sites excluding steroid dienone is 1. The van der Waals surface area contributed by atoms with Crippen molar-refractivity contribution in [1.29, 1.82) is 5.41 Å². The van der Waals surface area contributed by atoms with Gasteiger partial charge in [-0.15, -0.1) is 0 Å². The van der Waals surface area contributed by atoms with Crippen LogP contribution in [0.3, 0.4) is 0 Å². The molecule has 4 rings (SSSR count). The molecule has 0 saturated heterocycles. The predicted octanol–water partition coefficient (Wildman–Crippen LogP) is 5.25. The summed E-state index contributed by atoms with van der Waals surface area (Å²) in [7, 11) is 1.89. The van der Waals surface area contributed by atoms with Gasteiger partial charge in [-0.3, -0.25) is 0 Å². The van der Waals surface area contributed by atoms with Gasteiger partial charge in [0.2, 0.25) is 0 Å². The third-order valence-electron chi connectivity index (χ3n) is 5.16. The first-order valence-corrected chi connectivity index (χ1v) is 8.98. The summed E-state index contributed by atoms with van der Waals surface area (Å²) in [5, 5.41) is 10.5. The van der Waals surface area contributed by atoms with Gasteiger partial charge in [0, 0.05) is 24.9 Å². The van der Waals surface area contributed by atoms with Crippen molar-refractivity contribution in [2.45, 2.75) is 12.3 Å². The number of hydrogen-bond acceptors (Lipinski definition) is 2. The van der Waals surface area contributed by atoms with Crippen LogP contribution < -0.4 is 5.32 Å². The Labute approximate surface area is 154 Å². The molecule has 1 aliphatic rings. The molecule has 0 amide bonds. The van der Waals surface area contributed by atoms with Crippen LogP contribution >= 0.6 is 0 Å². The van der Waals surface area contributed by atoms with Gasteiger partial charge < -0.3 is 10.7 Å². The number of hydrogen-bond donors (Lipinski definition) is 2.